The summed E-state index contributed by atoms with van der Waals surface area (Å²) in [5.41, 5.74) is 2.14. The number of aromatic nitrogens is 1. The third-order valence-electron chi connectivity index (χ3n) is 7.37. The number of ketones is 1. The van der Waals surface area contributed by atoms with E-state index in [0.717, 1.165) is 19.3 Å². The topological polar surface area (TPSA) is 107 Å². The first-order valence-corrected chi connectivity index (χ1v) is 16.0. The minimum Gasteiger partial charge on any atom is -0.354 e. The Kier molecular flexibility index (Phi) is 10.7. The van der Waals surface area contributed by atoms with Gasteiger partial charge in [-0.3, -0.25) is 18.9 Å². The monoisotopic (exact) mass is 599 g/mol. The van der Waals surface area contributed by atoms with Crippen molar-refractivity contribution < 1.29 is 32.4 Å². The van der Waals surface area contributed by atoms with Crippen molar-refractivity contribution in [3.05, 3.63) is 65.9 Å². The van der Waals surface area contributed by atoms with Crippen LogP contribution in [0.15, 0.2) is 54.7 Å². The van der Waals surface area contributed by atoms with E-state index in [1.165, 1.54) is 17.4 Å². The lowest BCUT2D eigenvalue weighted by Crippen LogP contribution is -2.47. The smallest absolute Gasteiger partial charge is 0.354 e. The van der Waals surface area contributed by atoms with Crippen LogP contribution in [-0.4, -0.2) is 65.6 Å². The molecule has 1 fully saturated rings. The number of hydrogen-bond acceptors (Lipinski definition) is 6. The van der Waals surface area contributed by atoms with Crippen LogP contribution in [0.1, 0.15) is 56.0 Å². The number of nitrogens with zero attached hydrogens (tertiary/aromatic N) is 2. The number of Topliss-reactive ketones (excluding diaryl/α,β-unsaturated/α-hetero) is 1. The number of carbonyl (C=O) groups is 3. The molecule has 1 saturated heterocycles. The van der Waals surface area contributed by atoms with E-state index in [0.29, 0.717) is 28.3 Å². The molecule has 1 aliphatic heterocycles. The summed E-state index contributed by atoms with van der Waals surface area (Å²) in [6.07, 6.45) is 2.78. The van der Waals surface area contributed by atoms with Gasteiger partial charge in [-0.25, -0.2) is 4.39 Å². The minimum absolute atomic E-state index is 0.0553. The van der Waals surface area contributed by atoms with Gasteiger partial charge in [0, 0.05) is 35.6 Å². The molecule has 0 bridgehead atoms. The highest BCUT2D eigenvalue weighted by molar-refractivity contribution is 7.62. The molecule has 1 N–H and O–H groups in total. The fraction of sp³-hybridized carbons (Fsp3) is 0.452. The van der Waals surface area contributed by atoms with Crippen LogP contribution in [0.2, 0.25) is 0 Å². The number of aryl methyl sites for hydroxylation is 1. The van der Waals surface area contributed by atoms with Gasteiger partial charge >= 0.3 is 7.60 Å². The molecule has 11 heteroatoms. The first-order valence-electron chi connectivity index (χ1n) is 14.5. The second kappa shape index (κ2) is 14.2. The van der Waals surface area contributed by atoms with Crippen LogP contribution in [0.25, 0.3) is 10.9 Å². The summed E-state index contributed by atoms with van der Waals surface area (Å²) < 4.78 is 40.3. The van der Waals surface area contributed by atoms with Crippen LogP contribution in [-0.2, 0) is 36.2 Å². The number of alkyl halides is 1. The Bertz CT molecular complexity index is 1450. The Hall–Kier alpha value is -3.33. The highest BCUT2D eigenvalue weighted by Gasteiger charge is 2.39. The molecule has 42 heavy (non-hydrogen) atoms. The maximum Gasteiger partial charge on any atom is 0.361 e. The van der Waals surface area contributed by atoms with E-state index in [9.17, 15) is 23.3 Å². The fourth-order valence-electron chi connectivity index (χ4n) is 5.37. The number of benzene rings is 2. The average Bonchev–Trinajstić information content (AvgIpc) is 3.54. The maximum atomic E-state index is 14.5. The van der Waals surface area contributed by atoms with Gasteiger partial charge in [-0.15, -0.1) is 0 Å². The van der Waals surface area contributed by atoms with Gasteiger partial charge in [0.15, 0.2) is 5.78 Å². The lowest BCUT2D eigenvalue weighted by Gasteiger charge is -2.24. The number of hydrogen-bond donors (Lipinski definition) is 1. The highest BCUT2D eigenvalue weighted by Crippen LogP contribution is 2.47. The van der Waals surface area contributed by atoms with E-state index in [1.54, 1.807) is 42.8 Å². The predicted molar refractivity (Wildman–Crippen MR) is 160 cm³/mol. The fourth-order valence-corrected chi connectivity index (χ4v) is 6.96. The van der Waals surface area contributed by atoms with Crippen molar-refractivity contribution in [2.24, 2.45) is 0 Å². The molecule has 1 aliphatic rings. The van der Waals surface area contributed by atoms with Gasteiger partial charge in [0.1, 0.15) is 18.8 Å². The van der Waals surface area contributed by atoms with E-state index in [2.05, 4.69) is 17.4 Å². The summed E-state index contributed by atoms with van der Waals surface area (Å²) >= 11 is 0. The van der Waals surface area contributed by atoms with Gasteiger partial charge < -0.3 is 23.8 Å². The molecule has 2 aromatic carbocycles. The van der Waals surface area contributed by atoms with E-state index in [4.69, 9.17) is 9.05 Å². The van der Waals surface area contributed by atoms with Crippen LogP contribution in [0, 0.1) is 0 Å². The van der Waals surface area contributed by atoms with E-state index in [1.807, 2.05) is 18.2 Å². The Morgan fingerprint density at radius 1 is 1.05 bits per heavy atom. The van der Waals surface area contributed by atoms with Crippen molar-refractivity contribution in [3.63, 3.8) is 0 Å². The second-order valence-electron chi connectivity index (χ2n) is 10.4. The van der Waals surface area contributed by atoms with Gasteiger partial charge in [-0.05, 0) is 63.8 Å². The molecule has 226 valence electrons. The third kappa shape index (κ3) is 7.35. The number of unbranched alkanes of at least 4 members (excludes halogenated alkanes) is 1. The summed E-state index contributed by atoms with van der Waals surface area (Å²) in [5.74, 6) is -1.03. The molecule has 2 amide bonds. The average molecular weight is 600 g/mol. The van der Waals surface area contributed by atoms with E-state index >= 15 is 0 Å². The molecule has 2 heterocycles. The van der Waals surface area contributed by atoms with Crippen LogP contribution in [0.5, 0.6) is 0 Å². The first kappa shape index (κ1) is 31.6. The van der Waals surface area contributed by atoms with Crippen molar-refractivity contribution in [3.8, 4) is 0 Å². The molecule has 0 aliphatic carbocycles. The van der Waals surface area contributed by atoms with E-state index in [-0.39, 0.29) is 44.4 Å². The summed E-state index contributed by atoms with van der Waals surface area (Å²) in [5, 5.41) is 3.68. The van der Waals surface area contributed by atoms with Crippen molar-refractivity contribution in [2.75, 3.05) is 26.3 Å². The largest absolute Gasteiger partial charge is 0.361 e. The van der Waals surface area contributed by atoms with Crippen molar-refractivity contribution in [2.45, 2.75) is 65.2 Å². The molecular formula is C31H39FN3O6P. The zero-order chi connectivity index (χ0) is 30.3. The molecule has 3 aromatic rings. The number of halogens is 1. The molecule has 2 atom stereocenters. The van der Waals surface area contributed by atoms with Gasteiger partial charge in [0.2, 0.25) is 11.8 Å². The Labute approximate surface area is 245 Å². The molecule has 9 nitrogen and oxygen atoms in total. The SMILES string of the molecule is CCOP(=O)(OCC)c1ccc2c(c1)c(C(C)=O)cn2CC(=O)N1C[C@H](F)C[C@H]1C(=O)NCCCCc1ccccc1. The number of fused-ring (bicyclic) bond motifs is 1. The maximum absolute atomic E-state index is 14.5. The Morgan fingerprint density at radius 3 is 2.43 bits per heavy atom. The quantitative estimate of drug-likeness (QED) is 0.162. The zero-order valence-electron chi connectivity index (χ0n) is 24.4. The summed E-state index contributed by atoms with van der Waals surface area (Å²) in [7, 11) is -3.60. The standard InChI is InChI=1S/C31H39FN3O6P/c1-4-40-42(39,41-5-2)25-14-15-28-26(18-25)27(22(3)36)20-34(28)21-30(37)35-19-24(32)17-29(35)31(38)33-16-10-9-13-23-11-7-6-8-12-23/h6-8,11-12,14-15,18,20,24,29H,4-5,9-10,13,16-17,19,21H2,1-3H3,(H,33,38)/t24-,29+/m1/s1. The summed E-state index contributed by atoms with van der Waals surface area (Å²) in [6.45, 7) is 5.29. The van der Waals surface area contributed by atoms with Crippen molar-refractivity contribution >= 4 is 41.4 Å². The lowest BCUT2D eigenvalue weighted by atomic mass is 10.1. The molecule has 0 radical (unpaired) electrons. The van der Waals surface area contributed by atoms with Gasteiger partial charge in [0.05, 0.1) is 25.1 Å². The lowest BCUT2D eigenvalue weighted by molar-refractivity contribution is -0.138. The number of likely N-dealkylation sites (tertiary alicyclic amines) is 1. The molecule has 4 rings (SSSR count). The summed E-state index contributed by atoms with van der Waals surface area (Å²) in [6, 6.07) is 14.0. The molecular weight excluding hydrogens is 560 g/mol. The Balaban J connectivity index is 1.46. The molecule has 0 saturated carbocycles. The predicted octanol–water partition coefficient (Wildman–Crippen LogP) is 4.81. The molecule has 0 unspecified atom stereocenters. The minimum atomic E-state index is -3.60. The van der Waals surface area contributed by atoms with Crippen LogP contribution in [0.4, 0.5) is 4.39 Å². The number of amides is 2. The van der Waals surface area contributed by atoms with Gasteiger partial charge in [0.25, 0.3) is 0 Å². The van der Waals surface area contributed by atoms with E-state index < -0.39 is 25.7 Å². The molecule has 1 aromatic heterocycles. The van der Waals surface area contributed by atoms with Crippen molar-refractivity contribution in [1.82, 2.24) is 14.8 Å². The van der Waals surface area contributed by atoms with Gasteiger partial charge in [-0.1, -0.05) is 30.3 Å². The second-order valence-corrected chi connectivity index (χ2v) is 12.4. The van der Waals surface area contributed by atoms with Crippen molar-refractivity contribution in [1.29, 1.82) is 0 Å². The van der Waals surface area contributed by atoms with Crippen LogP contribution < -0.4 is 10.6 Å². The summed E-state index contributed by atoms with van der Waals surface area (Å²) in [4.78, 5) is 40.2. The number of nitrogens with one attached hydrogen (secondary N) is 1. The number of rotatable bonds is 14. The van der Waals surface area contributed by atoms with Gasteiger partial charge in [-0.2, -0.15) is 0 Å². The number of carbonyl (C=O) groups excluding carboxylic acids is 3. The normalized spacial score (nSPS) is 17.1. The highest BCUT2D eigenvalue weighted by atomic mass is 31.2. The zero-order valence-corrected chi connectivity index (χ0v) is 25.3. The molecule has 0 spiro atoms. The first-order chi connectivity index (χ1) is 20.2. The van der Waals surface area contributed by atoms with Crippen LogP contribution in [0.3, 0.4) is 0 Å². The Morgan fingerprint density at radius 2 is 1.76 bits per heavy atom. The van der Waals surface area contributed by atoms with Crippen LogP contribution >= 0.6 is 7.60 Å². The third-order valence-corrected chi connectivity index (χ3v) is 9.48.